The van der Waals surface area contributed by atoms with Crippen molar-refractivity contribution in [3.63, 3.8) is 0 Å². The number of rotatable bonds is 2. The van der Waals surface area contributed by atoms with Crippen molar-refractivity contribution in [2.24, 2.45) is 23.7 Å². The summed E-state index contributed by atoms with van der Waals surface area (Å²) >= 11 is 0. The van der Waals surface area contributed by atoms with E-state index in [0.717, 1.165) is 23.7 Å². The summed E-state index contributed by atoms with van der Waals surface area (Å²) in [5, 5.41) is 0. The van der Waals surface area contributed by atoms with Crippen molar-refractivity contribution >= 4 is 0 Å². The molecular formula is C15H28. The zero-order valence-corrected chi connectivity index (χ0v) is 10.7. The van der Waals surface area contributed by atoms with E-state index in [2.05, 4.69) is 13.8 Å². The minimum atomic E-state index is 1.03. The maximum absolute atomic E-state index is 2.54. The van der Waals surface area contributed by atoms with Crippen LogP contribution in [-0.2, 0) is 0 Å². The fraction of sp³-hybridized carbons (Fsp3) is 1.00. The van der Waals surface area contributed by atoms with Gasteiger partial charge in [0.2, 0.25) is 0 Å². The maximum atomic E-state index is 2.54. The van der Waals surface area contributed by atoms with Gasteiger partial charge in [0, 0.05) is 0 Å². The van der Waals surface area contributed by atoms with Crippen LogP contribution in [0.25, 0.3) is 0 Å². The average Bonchev–Trinajstić information content (AvgIpc) is 2.49. The van der Waals surface area contributed by atoms with Gasteiger partial charge in [-0.3, -0.25) is 0 Å². The van der Waals surface area contributed by atoms with Crippen LogP contribution in [0.4, 0.5) is 0 Å². The lowest BCUT2D eigenvalue weighted by atomic mass is 9.78. The largest absolute Gasteiger partial charge is 0.0651 e. The third-order valence-corrected chi connectivity index (χ3v) is 5.32. The van der Waals surface area contributed by atoms with Crippen LogP contribution in [0.1, 0.15) is 71.6 Å². The lowest BCUT2D eigenvalue weighted by Crippen LogP contribution is -2.19. The molecule has 0 saturated heterocycles. The zero-order valence-electron chi connectivity index (χ0n) is 10.7. The Balaban J connectivity index is 1.92. The van der Waals surface area contributed by atoms with E-state index in [1.807, 2.05) is 0 Å². The molecule has 0 spiro atoms. The van der Waals surface area contributed by atoms with Gasteiger partial charge in [0.25, 0.3) is 0 Å². The fourth-order valence-corrected chi connectivity index (χ4v) is 4.26. The predicted molar refractivity (Wildman–Crippen MR) is 66.9 cm³/mol. The van der Waals surface area contributed by atoms with Crippen molar-refractivity contribution in [1.82, 2.24) is 0 Å². The molecule has 0 heterocycles. The highest BCUT2D eigenvalue weighted by Gasteiger charge is 2.36. The number of hydrogen-bond donors (Lipinski definition) is 0. The van der Waals surface area contributed by atoms with Gasteiger partial charge in [0.05, 0.1) is 0 Å². The molecule has 2 aliphatic rings. The molecule has 0 aromatic rings. The third kappa shape index (κ3) is 2.57. The average molecular weight is 208 g/mol. The van der Waals surface area contributed by atoms with Gasteiger partial charge in [-0.05, 0) is 36.5 Å². The molecule has 2 rings (SSSR count). The second-order valence-corrected chi connectivity index (χ2v) is 6.02. The van der Waals surface area contributed by atoms with Crippen LogP contribution < -0.4 is 0 Å². The first-order valence-electron chi connectivity index (χ1n) is 7.33. The predicted octanol–water partition coefficient (Wildman–Crippen LogP) is 5.03. The molecule has 0 aromatic carbocycles. The minimum absolute atomic E-state index is 1.03. The molecule has 2 aliphatic carbocycles. The van der Waals surface area contributed by atoms with E-state index in [-0.39, 0.29) is 0 Å². The molecule has 2 fully saturated rings. The van der Waals surface area contributed by atoms with Crippen LogP contribution in [0.15, 0.2) is 0 Å². The second-order valence-electron chi connectivity index (χ2n) is 6.02. The van der Waals surface area contributed by atoms with Crippen molar-refractivity contribution in [2.45, 2.75) is 71.6 Å². The molecule has 0 aliphatic heterocycles. The van der Waals surface area contributed by atoms with Gasteiger partial charge in [0.1, 0.15) is 0 Å². The third-order valence-electron chi connectivity index (χ3n) is 5.32. The quantitative estimate of drug-likeness (QED) is 0.558. The summed E-state index contributed by atoms with van der Waals surface area (Å²) in [5.74, 6) is 4.27. The summed E-state index contributed by atoms with van der Waals surface area (Å²) in [7, 11) is 0. The van der Waals surface area contributed by atoms with Gasteiger partial charge in [-0.1, -0.05) is 58.8 Å². The minimum Gasteiger partial charge on any atom is -0.0651 e. The Bertz CT molecular complexity index is 176. The van der Waals surface area contributed by atoms with E-state index in [1.165, 1.54) is 38.5 Å². The summed E-state index contributed by atoms with van der Waals surface area (Å²) in [6.07, 6.45) is 13.6. The maximum Gasteiger partial charge on any atom is -0.0357 e. The van der Waals surface area contributed by atoms with Crippen LogP contribution in [0.2, 0.25) is 0 Å². The van der Waals surface area contributed by atoms with E-state index >= 15 is 0 Å². The molecular weight excluding hydrogens is 180 g/mol. The Morgan fingerprint density at radius 3 is 2.07 bits per heavy atom. The Kier molecular flexibility index (Phi) is 4.11. The molecule has 88 valence electrons. The van der Waals surface area contributed by atoms with E-state index in [1.54, 1.807) is 19.3 Å². The summed E-state index contributed by atoms with van der Waals surface area (Å²) in [6.45, 7) is 4.92. The van der Waals surface area contributed by atoms with E-state index in [4.69, 9.17) is 0 Å². The first kappa shape index (κ1) is 11.5. The summed E-state index contributed by atoms with van der Waals surface area (Å²) < 4.78 is 0. The van der Waals surface area contributed by atoms with Gasteiger partial charge in [-0.2, -0.15) is 0 Å². The molecule has 0 aromatic heterocycles. The van der Waals surface area contributed by atoms with Crippen LogP contribution in [-0.4, -0.2) is 0 Å². The molecule has 3 atom stereocenters. The van der Waals surface area contributed by atoms with Crippen molar-refractivity contribution < 1.29 is 0 Å². The Hall–Kier alpha value is 0. The van der Waals surface area contributed by atoms with Gasteiger partial charge in [-0.25, -0.2) is 0 Å². The highest BCUT2D eigenvalue weighted by atomic mass is 14.4. The lowest BCUT2D eigenvalue weighted by molar-refractivity contribution is 0.221. The Morgan fingerprint density at radius 1 is 0.867 bits per heavy atom. The van der Waals surface area contributed by atoms with E-state index in [9.17, 15) is 0 Å². The van der Waals surface area contributed by atoms with Crippen LogP contribution in [0.3, 0.4) is 0 Å². The molecule has 2 unspecified atom stereocenters. The summed E-state index contributed by atoms with van der Waals surface area (Å²) in [4.78, 5) is 0. The number of hydrogen-bond acceptors (Lipinski definition) is 0. The molecule has 0 N–H and O–H groups in total. The van der Waals surface area contributed by atoms with Crippen molar-refractivity contribution in [2.75, 3.05) is 0 Å². The molecule has 0 radical (unpaired) electrons. The van der Waals surface area contributed by atoms with Gasteiger partial charge in [0.15, 0.2) is 0 Å². The SMILES string of the molecule is CCC1CCC(C2CCCCCC2)[C@@H]1C. The zero-order chi connectivity index (χ0) is 10.7. The normalized spacial score (nSPS) is 39.2. The topological polar surface area (TPSA) is 0 Å². The molecule has 2 saturated carbocycles. The van der Waals surface area contributed by atoms with Crippen LogP contribution in [0, 0.1) is 23.7 Å². The van der Waals surface area contributed by atoms with Crippen molar-refractivity contribution in [3.05, 3.63) is 0 Å². The molecule has 0 bridgehead atoms. The first-order chi connectivity index (χ1) is 7.33. The summed E-state index contributed by atoms with van der Waals surface area (Å²) in [6, 6.07) is 0. The molecule has 15 heavy (non-hydrogen) atoms. The second kappa shape index (κ2) is 5.37. The first-order valence-corrected chi connectivity index (χ1v) is 7.33. The molecule has 0 amide bonds. The van der Waals surface area contributed by atoms with E-state index < -0.39 is 0 Å². The van der Waals surface area contributed by atoms with Crippen molar-refractivity contribution in [1.29, 1.82) is 0 Å². The highest BCUT2D eigenvalue weighted by molar-refractivity contribution is 4.86. The fourth-order valence-electron chi connectivity index (χ4n) is 4.26. The van der Waals surface area contributed by atoms with Crippen LogP contribution in [0.5, 0.6) is 0 Å². The lowest BCUT2D eigenvalue weighted by Gasteiger charge is -2.27. The van der Waals surface area contributed by atoms with Gasteiger partial charge >= 0.3 is 0 Å². The smallest absolute Gasteiger partial charge is 0.0357 e. The Labute approximate surface area is 95.8 Å². The van der Waals surface area contributed by atoms with E-state index in [0.29, 0.717) is 0 Å². The highest BCUT2D eigenvalue weighted by Crippen LogP contribution is 2.46. The Morgan fingerprint density at radius 2 is 1.53 bits per heavy atom. The molecule has 0 heteroatoms. The van der Waals surface area contributed by atoms with Crippen molar-refractivity contribution in [3.8, 4) is 0 Å². The monoisotopic (exact) mass is 208 g/mol. The molecule has 0 nitrogen and oxygen atoms in total. The van der Waals surface area contributed by atoms with Gasteiger partial charge in [-0.15, -0.1) is 0 Å². The standard InChI is InChI=1S/C15H28/c1-3-13-10-11-15(12(13)2)14-8-6-4-5-7-9-14/h12-15H,3-11H2,1-2H3/t12-,13?,15?/m1/s1. The summed E-state index contributed by atoms with van der Waals surface area (Å²) in [5.41, 5.74) is 0. The van der Waals surface area contributed by atoms with Crippen LogP contribution >= 0.6 is 0 Å². The van der Waals surface area contributed by atoms with Gasteiger partial charge < -0.3 is 0 Å².